The first-order valence-corrected chi connectivity index (χ1v) is 3.56. The van der Waals surface area contributed by atoms with Gasteiger partial charge >= 0.3 is 0 Å². The molecule has 0 radical (unpaired) electrons. The van der Waals surface area contributed by atoms with Crippen molar-refractivity contribution in [3.63, 3.8) is 0 Å². The molecule has 3 N–H and O–H groups in total. The van der Waals surface area contributed by atoms with Crippen LogP contribution in [0.3, 0.4) is 0 Å². The molecule has 0 aliphatic rings. The molecule has 0 unspecified atom stereocenters. The molecule has 0 saturated carbocycles. The summed E-state index contributed by atoms with van der Waals surface area (Å²) in [6.07, 6.45) is 1.65. The van der Waals surface area contributed by atoms with E-state index in [0.29, 0.717) is 5.69 Å². The number of aromatic nitrogens is 1. The zero-order valence-electron chi connectivity index (χ0n) is 6.49. The van der Waals surface area contributed by atoms with E-state index < -0.39 is 0 Å². The second kappa shape index (κ2) is 3.46. The molecule has 1 heterocycles. The first-order chi connectivity index (χ1) is 5.25. The molecule has 3 nitrogen and oxygen atoms in total. The molecule has 1 aromatic rings. The number of pyridine rings is 1. The van der Waals surface area contributed by atoms with Gasteiger partial charge in [0.2, 0.25) is 0 Å². The van der Waals surface area contributed by atoms with Crippen molar-refractivity contribution in [2.45, 2.75) is 19.6 Å². The van der Waals surface area contributed by atoms with E-state index >= 15 is 0 Å². The summed E-state index contributed by atoms with van der Waals surface area (Å²) in [5, 5.41) is 8.85. The first kappa shape index (κ1) is 8.17. The summed E-state index contributed by atoms with van der Waals surface area (Å²) >= 11 is 0. The summed E-state index contributed by atoms with van der Waals surface area (Å²) in [4.78, 5) is 3.99. The molecule has 1 aromatic heterocycles. The van der Waals surface area contributed by atoms with Crippen LogP contribution in [0.2, 0.25) is 0 Å². The minimum absolute atomic E-state index is 0.0439. The van der Waals surface area contributed by atoms with Gasteiger partial charge in [-0.05, 0) is 18.6 Å². The van der Waals surface area contributed by atoms with Gasteiger partial charge in [0, 0.05) is 12.2 Å². The Hall–Kier alpha value is -0.930. The zero-order valence-corrected chi connectivity index (χ0v) is 6.49. The molecule has 11 heavy (non-hydrogen) atoms. The van der Waals surface area contributed by atoms with Crippen LogP contribution in [0.1, 0.15) is 24.2 Å². The van der Waals surface area contributed by atoms with Crippen molar-refractivity contribution in [1.82, 2.24) is 4.98 Å². The molecule has 0 aromatic carbocycles. The molecule has 60 valence electrons. The molecular weight excluding hydrogens is 140 g/mol. The van der Waals surface area contributed by atoms with E-state index in [4.69, 9.17) is 10.8 Å². The van der Waals surface area contributed by atoms with Crippen molar-refractivity contribution >= 4 is 0 Å². The lowest BCUT2D eigenvalue weighted by Crippen LogP contribution is -2.09. The Morgan fingerprint density at radius 3 is 2.91 bits per heavy atom. The van der Waals surface area contributed by atoms with Crippen molar-refractivity contribution in [3.05, 3.63) is 29.6 Å². The molecule has 0 aliphatic heterocycles. The second-order valence-corrected chi connectivity index (χ2v) is 2.49. The van der Waals surface area contributed by atoms with Crippen LogP contribution in [0.15, 0.2) is 18.3 Å². The summed E-state index contributed by atoms with van der Waals surface area (Å²) in [7, 11) is 0. The summed E-state index contributed by atoms with van der Waals surface area (Å²) in [5.41, 5.74) is 7.22. The van der Waals surface area contributed by atoms with E-state index in [2.05, 4.69) is 4.98 Å². The van der Waals surface area contributed by atoms with Crippen LogP contribution in [0.5, 0.6) is 0 Å². The maximum Gasteiger partial charge on any atom is 0.0856 e. The van der Waals surface area contributed by atoms with Gasteiger partial charge in [-0.15, -0.1) is 0 Å². The van der Waals surface area contributed by atoms with Gasteiger partial charge in [0.15, 0.2) is 0 Å². The largest absolute Gasteiger partial charge is 0.390 e. The highest BCUT2D eigenvalue weighted by Gasteiger charge is 2.04. The molecule has 0 spiro atoms. The average Bonchev–Trinajstić information content (AvgIpc) is 2.04. The van der Waals surface area contributed by atoms with Crippen LogP contribution in [0, 0.1) is 0 Å². The Bertz CT molecular complexity index is 235. The Balaban J connectivity index is 3.02. The predicted molar refractivity (Wildman–Crippen MR) is 42.8 cm³/mol. The van der Waals surface area contributed by atoms with E-state index in [1.54, 1.807) is 6.20 Å². The Morgan fingerprint density at radius 2 is 2.45 bits per heavy atom. The normalized spacial score (nSPS) is 13.0. The molecule has 1 atom stereocenters. The standard InChI is InChI=1S/C8H12N2O/c1-6(9)7-3-2-4-10-8(7)5-11/h2-4,6,11H,5,9H2,1H3/t6-/m0/s1. The summed E-state index contributed by atoms with van der Waals surface area (Å²) in [5.74, 6) is 0. The van der Waals surface area contributed by atoms with E-state index in [1.807, 2.05) is 19.1 Å². The van der Waals surface area contributed by atoms with Crippen LogP contribution in [0.4, 0.5) is 0 Å². The van der Waals surface area contributed by atoms with Crippen molar-refractivity contribution in [2.75, 3.05) is 0 Å². The lowest BCUT2D eigenvalue weighted by Gasteiger charge is -2.08. The average molecular weight is 152 g/mol. The van der Waals surface area contributed by atoms with Crippen molar-refractivity contribution in [1.29, 1.82) is 0 Å². The number of aliphatic hydroxyl groups is 1. The minimum Gasteiger partial charge on any atom is -0.390 e. The summed E-state index contributed by atoms with van der Waals surface area (Å²) < 4.78 is 0. The van der Waals surface area contributed by atoms with Crippen molar-refractivity contribution in [3.8, 4) is 0 Å². The van der Waals surface area contributed by atoms with Gasteiger partial charge in [-0.1, -0.05) is 6.07 Å². The van der Waals surface area contributed by atoms with Crippen LogP contribution in [0.25, 0.3) is 0 Å². The highest BCUT2D eigenvalue weighted by molar-refractivity contribution is 5.21. The Kier molecular flexibility index (Phi) is 2.57. The predicted octanol–water partition coefficient (Wildman–Crippen LogP) is 0.594. The van der Waals surface area contributed by atoms with Crippen molar-refractivity contribution in [2.24, 2.45) is 5.73 Å². The topological polar surface area (TPSA) is 59.1 Å². The number of nitrogens with two attached hydrogens (primary N) is 1. The molecule has 0 saturated heterocycles. The van der Waals surface area contributed by atoms with E-state index in [1.165, 1.54) is 0 Å². The molecule has 0 bridgehead atoms. The fourth-order valence-corrected chi connectivity index (χ4v) is 0.997. The lowest BCUT2D eigenvalue weighted by molar-refractivity contribution is 0.275. The molecule has 0 aliphatic carbocycles. The van der Waals surface area contributed by atoms with Gasteiger partial charge in [-0.3, -0.25) is 4.98 Å². The number of hydrogen-bond donors (Lipinski definition) is 2. The maximum absolute atomic E-state index is 8.85. The first-order valence-electron chi connectivity index (χ1n) is 3.56. The summed E-state index contributed by atoms with van der Waals surface area (Å²) in [6, 6.07) is 3.63. The summed E-state index contributed by atoms with van der Waals surface area (Å²) in [6.45, 7) is 1.83. The highest BCUT2D eigenvalue weighted by atomic mass is 16.3. The maximum atomic E-state index is 8.85. The van der Waals surface area contributed by atoms with E-state index in [9.17, 15) is 0 Å². The van der Waals surface area contributed by atoms with Crippen molar-refractivity contribution < 1.29 is 5.11 Å². The molecular formula is C8H12N2O. The van der Waals surface area contributed by atoms with E-state index in [-0.39, 0.29) is 12.6 Å². The van der Waals surface area contributed by atoms with Crippen LogP contribution in [-0.4, -0.2) is 10.1 Å². The Morgan fingerprint density at radius 1 is 1.73 bits per heavy atom. The molecule has 0 fully saturated rings. The van der Waals surface area contributed by atoms with E-state index in [0.717, 1.165) is 5.56 Å². The minimum atomic E-state index is -0.0640. The monoisotopic (exact) mass is 152 g/mol. The van der Waals surface area contributed by atoms with Gasteiger partial charge in [-0.2, -0.15) is 0 Å². The highest BCUT2D eigenvalue weighted by Crippen LogP contribution is 2.12. The molecule has 3 heteroatoms. The van der Waals surface area contributed by atoms with Gasteiger partial charge in [0.1, 0.15) is 0 Å². The third-order valence-corrected chi connectivity index (χ3v) is 1.57. The Labute approximate surface area is 65.9 Å². The van der Waals surface area contributed by atoms with Gasteiger partial charge in [0.05, 0.1) is 12.3 Å². The number of aliphatic hydroxyl groups excluding tert-OH is 1. The zero-order chi connectivity index (χ0) is 8.27. The fraction of sp³-hybridized carbons (Fsp3) is 0.375. The van der Waals surface area contributed by atoms with Gasteiger partial charge in [0.25, 0.3) is 0 Å². The molecule has 0 amide bonds. The lowest BCUT2D eigenvalue weighted by atomic mass is 10.1. The van der Waals surface area contributed by atoms with Crippen LogP contribution in [-0.2, 0) is 6.61 Å². The number of hydrogen-bond acceptors (Lipinski definition) is 3. The number of rotatable bonds is 2. The smallest absolute Gasteiger partial charge is 0.0856 e. The second-order valence-electron chi connectivity index (χ2n) is 2.49. The van der Waals surface area contributed by atoms with Gasteiger partial charge < -0.3 is 10.8 Å². The van der Waals surface area contributed by atoms with Crippen LogP contribution >= 0.6 is 0 Å². The quantitative estimate of drug-likeness (QED) is 0.652. The SMILES string of the molecule is C[C@H](N)c1cccnc1CO. The fourth-order valence-electron chi connectivity index (χ4n) is 0.997. The third kappa shape index (κ3) is 1.76. The molecule has 1 rings (SSSR count). The third-order valence-electron chi connectivity index (χ3n) is 1.57. The van der Waals surface area contributed by atoms with Crippen LogP contribution < -0.4 is 5.73 Å². The van der Waals surface area contributed by atoms with Gasteiger partial charge in [-0.25, -0.2) is 0 Å². The number of nitrogens with zero attached hydrogens (tertiary/aromatic N) is 1.